The number of carbonyl (C=O) groups excluding carboxylic acids is 2. The molecule has 0 aliphatic carbocycles. The predicted octanol–water partition coefficient (Wildman–Crippen LogP) is 4.10. The third-order valence-electron chi connectivity index (χ3n) is 4.93. The van der Waals surface area contributed by atoms with Crippen LogP contribution in [0.1, 0.15) is 48.4 Å². The van der Waals surface area contributed by atoms with Crippen LogP contribution < -0.4 is 5.32 Å². The Balaban J connectivity index is 2.32. The van der Waals surface area contributed by atoms with Crippen molar-refractivity contribution in [2.24, 2.45) is 0 Å². The molecule has 0 radical (unpaired) electrons. The van der Waals surface area contributed by atoms with Gasteiger partial charge in [-0.2, -0.15) is 4.31 Å². The van der Waals surface area contributed by atoms with Gasteiger partial charge in [-0.25, -0.2) is 8.42 Å². The summed E-state index contributed by atoms with van der Waals surface area (Å²) in [4.78, 5) is 26.9. The highest BCUT2D eigenvalue weighted by Crippen LogP contribution is 2.26. The summed E-state index contributed by atoms with van der Waals surface area (Å²) in [5.74, 6) is -0.625. The Hall–Kier alpha value is -2.42. The van der Waals surface area contributed by atoms with Crippen LogP contribution in [0.2, 0.25) is 5.02 Å². The molecule has 0 bridgehead atoms. The first-order valence-electron chi connectivity index (χ1n) is 10.2. The normalized spacial score (nSPS) is 11.4. The number of carbonyl (C=O) groups is 2. The molecule has 7 nitrogen and oxygen atoms in total. The zero-order chi connectivity index (χ0) is 23.2. The third-order valence-corrected chi connectivity index (χ3v) is 7.47. The van der Waals surface area contributed by atoms with Gasteiger partial charge in [0.15, 0.2) is 0 Å². The smallest absolute Gasteiger partial charge is 0.255 e. The summed E-state index contributed by atoms with van der Waals surface area (Å²) in [5, 5.41) is 2.77. The van der Waals surface area contributed by atoms with Crippen LogP contribution in [-0.4, -0.2) is 55.6 Å². The molecule has 0 heterocycles. The van der Waals surface area contributed by atoms with E-state index in [2.05, 4.69) is 5.32 Å². The van der Waals surface area contributed by atoms with E-state index >= 15 is 0 Å². The van der Waals surface area contributed by atoms with Crippen LogP contribution in [0.4, 0.5) is 5.69 Å². The zero-order valence-corrected chi connectivity index (χ0v) is 19.8. The van der Waals surface area contributed by atoms with Crippen molar-refractivity contribution in [2.45, 2.75) is 32.6 Å². The number of nitrogens with zero attached hydrogens (tertiary/aromatic N) is 2. The van der Waals surface area contributed by atoms with Gasteiger partial charge >= 0.3 is 0 Å². The fraction of sp³-hybridized carbons (Fsp3) is 0.364. The van der Waals surface area contributed by atoms with E-state index in [0.29, 0.717) is 37.4 Å². The fourth-order valence-electron chi connectivity index (χ4n) is 3.17. The topological polar surface area (TPSA) is 86.8 Å². The van der Waals surface area contributed by atoms with Crippen molar-refractivity contribution in [3.63, 3.8) is 0 Å². The molecule has 2 aromatic rings. The maximum atomic E-state index is 12.9. The minimum atomic E-state index is -3.82. The van der Waals surface area contributed by atoms with Crippen molar-refractivity contribution >= 4 is 39.1 Å². The molecule has 1 N–H and O–H groups in total. The van der Waals surface area contributed by atoms with E-state index in [4.69, 9.17) is 11.6 Å². The van der Waals surface area contributed by atoms with Crippen molar-refractivity contribution < 1.29 is 18.0 Å². The average Bonchev–Trinajstić information content (AvgIpc) is 2.75. The van der Waals surface area contributed by atoms with E-state index in [1.54, 1.807) is 43.0 Å². The molecule has 9 heteroatoms. The quantitative estimate of drug-likeness (QED) is 0.603. The Bertz CT molecular complexity index is 1050. The molecule has 0 saturated heterocycles. The lowest BCUT2D eigenvalue weighted by Crippen LogP contribution is -2.31. The number of halogens is 1. The average molecular weight is 466 g/mol. The monoisotopic (exact) mass is 465 g/mol. The molecule has 31 heavy (non-hydrogen) atoms. The van der Waals surface area contributed by atoms with E-state index in [1.807, 2.05) is 13.8 Å². The molecule has 2 amide bonds. The number of sulfonamides is 1. The Kier molecular flexibility index (Phi) is 8.61. The molecule has 0 atom stereocenters. The van der Waals surface area contributed by atoms with Gasteiger partial charge in [0.1, 0.15) is 4.90 Å². The molecular weight excluding hydrogens is 438 g/mol. The van der Waals surface area contributed by atoms with Crippen LogP contribution >= 0.6 is 11.6 Å². The summed E-state index contributed by atoms with van der Waals surface area (Å²) < 4.78 is 27.0. The van der Waals surface area contributed by atoms with Crippen LogP contribution in [-0.2, 0) is 10.0 Å². The van der Waals surface area contributed by atoms with Gasteiger partial charge in [0, 0.05) is 43.0 Å². The predicted molar refractivity (Wildman–Crippen MR) is 123 cm³/mol. The molecule has 168 valence electrons. The van der Waals surface area contributed by atoms with E-state index in [1.165, 1.54) is 22.5 Å². The first-order chi connectivity index (χ1) is 14.7. The van der Waals surface area contributed by atoms with Gasteiger partial charge in [-0.15, -0.1) is 0 Å². The second-order valence-electron chi connectivity index (χ2n) is 6.75. The minimum absolute atomic E-state index is 0.0512. The Morgan fingerprint density at radius 2 is 1.55 bits per heavy atom. The van der Waals surface area contributed by atoms with Gasteiger partial charge in [0.05, 0.1) is 5.02 Å². The third kappa shape index (κ3) is 5.64. The summed E-state index contributed by atoms with van der Waals surface area (Å²) in [6.45, 7) is 9.02. The first kappa shape index (κ1) is 24.8. The number of amides is 2. The number of benzene rings is 2. The summed E-state index contributed by atoms with van der Waals surface area (Å²) in [5.41, 5.74) is 1.05. The summed E-state index contributed by atoms with van der Waals surface area (Å²) in [7, 11) is -3.82. The van der Waals surface area contributed by atoms with Crippen LogP contribution in [0, 0.1) is 0 Å². The number of nitrogens with one attached hydrogen (secondary N) is 1. The fourth-order valence-corrected chi connectivity index (χ4v) is 5.13. The van der Waals surface area contributed by atoms with Crippen LogP contribution in [0.25, 0.3) is 0 Å². The van der Waals surface area contributed by atoms with Gasteiger partial charge in [-0.1, -0.05) is 31.5 Å². The van der Waals surface area contributed by atoms with Crippen LogP contribution in [0.5, 0.6) is 0 Å². The molecular formula is C22H28ClN3O4S. The van der Waals surface area contributed by atoms with E-state index in [-0.39, 0.29) is 21.4 Å². The Morgan fingerprint density at radius 3 is 2.13 bits per heavy atom. The van der Waals surface area contributed by atoms with E-state index in [9.17, 15) is 18.0 Å². The first-order valence-corrected chi connectivity index (χ1v) is 12.0. The molecule has 0 spiro atoms. The van der Waals surface area contributed by atoms with Gasteiger partial charge in [-0.05, 0) is 50.2 Å². The summed E-state index contributed by atoms with van der Waals surface area (Å²) >= 11 is 6.14. The van der Waals surface area contributed by atoms with Crippen molar-refractivity contribution in [3.8, 4) is 0 Å². The Labute approximate surface area is 189 Å². The summed E-state index contributed by atoms with van der Waals surface area (Å²) in [6.07, 6.45) is 0. The minimum Gasteiger partial charge on any atom is -0.339 e. The molecule has 2 aromatic carbocycles. The lowest BCUT2D eigenvalue weighted by atomic mass is 10.1. The SMILES string of the molecule is CCN(CC)C(=O)c1cccc(NC(=O)c2ccc(Cl)c(S(=O)(=O)N(CC)CC)c2)c1. The number of hydrogen-bond acceptors (Lipinski definition) is 4. The maximum Gasteiger partial charge on any atom is 0.255 e. The lowest BCUT2D eigenvalue weighted by molar-refractivity contribution is 0.0772. The number of rotatable bonds is 9. The second-order valence-corrected chi connectivity index (χ2v) is 9.06. The molecule has 0 fully saturated rings. The van der Waals surface area contributed by atoms with E-state index in [0.717, 1.165) is 0 Å². The van der Waals surface area contributed by atoms with Crippen molar-refractivity contribution in [3.05, 3.63) is 58.6 Å². The van der Waals surface area contributed by atoms with Gasteiger partial charge in [0.2, 0.25) is 10.0 Å². The maximum absolute atomic E-state index is 12.9. The lowest BCUT2D eigenvalue weighted by Gasteiger charge is -2.20. The molecule has 0 aromatic heterocycles. The molecule has 0 aliphatic heterocycles. The van der Waals surface area contributed by atoms with E-state index < -0.39 is 15.9 Å². The highest BCUT2D eigenvalue weighted by Gasteiger charge is 2.25. The molecule has 0 aliphatic rings. The second kappa shape index (κ2) is 10.7. The van der Waals surface area contributed by atoms with Gasteiger partial charge < -0.3 is 10.2 Å². The number of anilines is 1. The molecule has 2 rings (SSSR count). The molecule has 0 unspecified atom stereocenters. The van der Waals surface area contributed by atoms with Crippen molar-refractivity contribution in [1.82, 2.24) is 9.21 Å². The standard InChI is InChI=1S/C22H28ClN3O4S/c1-5-25(6-2)22(28)17-10-9-11-18(14-17)24-21(27)16-12-13-19(23)20(15-16)31(29,30)26(7-3)8-4/h9-15H,5-8H2,1-4H3,(H,24,27). The zero-order valence-electron chi connectivity index (χ0n) is 18.2. The van der Waals surface area contributed by atoms with Gasteiger partial charge in [-0.3, -0.25) is 9.59 Å². The van der Waals surface area contributed by atoms with Crippen LogP contribution in [0.3, 0.4) is 0 Å². The van der Waals surface area contributed by atoms with Crippen LogP contribution in [0.15, 0.2) is 47.4 Å². The summed E-state index contributed by atoms with van der Waals surface area (Å²) in [6, 6.07) is 10.8. The number of hydrogen-bond donors (Lipinski definition) is 1. The van der Waals surface area contributed by atoms with Crippen molar-refractivity contribution in [1.29, 1.82) is 0 Å². The largest absolute Gasteiger partial charge is 0.339 e. The Morgan fingerprint density at radius 1 is 0.903 bits per heavy atom. The van der Waals surface area contributed by atoms with Crippen molar-refractivity contribution in [2.75, 3.05) is 31.5 Å². The highest BCUT2D eigenvalue weighted by atomic mass is 35.5. The van der Waals surface area contributed by atoms with Gasteiger partial charge in [0.25, 0.3) is 11.8 Å². The molecule has 0 saturated carbocycles. The highest BCUT2D eigenvalue weighted by molar-refractivity contribution is 7.89.